The van der Waals surface area contributed by atoms with Crippen LogP contribution in [-0.4, -0.2) is 25.0 Å². The number of anilines is 1. The lowest BCUT2D eigenvalue weighted by Crippen LogP contribution is -2.45. The van der Waals surface area contributed by atoms with Crippen molar-refractivity contribution < 1.29 is 9.53 Å². The predicted molar refractivity (Wildman–Crippen MR) is 77.8 cm³/mol. The Morgan fingerprint density at radius 3 is 2.58 bits per heavy atom. The van der Waals surface area contributed by atoms with Crippen LogP contribution in [0.1, 0.15) is 34.1 Å². The summed E-state index contributed by atoms with van der Waals surface area (Å²) in [5, 5.41) is 0. The molecule has 3 nitrogen and oxygen atoms in total. The zero-order valence-electron chi connectivity index (χ0n) is 12.3. The molecule has 0 unspecified atom stereocenters. The number of hydrogen-bond donors (Lipinski definition) is 0. The molecule has 0 amide bonds. The van der Waals surface area contributed by atoms with Gasteiger partial charge in [-0.1, -0.05) is 26.0 Å². The van der Waals surface area contributed by atoms with Gasteiger partial charge in [0.25, 0.3) is 0 Å². The van der Waals surface area contributed by atoms with Crippen LogP contribution in [0, 0.1) is 5.41 Å². The molecule has 0 aromatic heterocycles. The Kier molecular flexibility index (Phi) is 3.83. The van der Waals surface area contributed by atoms with E-state index in [1.165, 1.54) is 0 Å². The number of para-hydroxylation sites is 2. The lowest BCUT2D eigenvalue weighted by Gasteiger charge is -2.37. The molecular formula is C16H23NO2. The molecule has 0 N–H and O–H groups in total. The van der Waals surface area contributed by atoms with Crippen LogP contribution < -0.4 is 9.64 Å². The van der Waals surface area contributed by atoms with Gasteiger partial charge >= 0.3 is 0 Å². The lowest BCUT2D eigenvalue weighted by molar-refractivity contribution is -0.127. The first-order valence-electron chi connectivity index (χ1n) is 6.94. The minimum Gasteiger partial charge on any atom is -0.489 e. The molecule has 0 aliphatic carbocycles. The van der Waals surface area contributed by atoms with E-state index in [0.717, 1.165) is 24.4 Å². The molecule has 3 heteroatoms. The molecule has 1 aliphatic heterocycles. The van der Waals surface area contributed by atoms with Crippen molar-refractivity contribution in [3.63, 3.8) is 0 Å². The second kappa shape index (κ2) is 5.24. The Bertz CT molecular complexity index is 466. The van der Waals surface area contributed by atoms with Gasteiger partial charge in [-0.05, 0) is 32.4 Å². The molecule has 104 valence electrons. The number of Topliss-reactive ketones (excluding diaryl/α,β-unsaturated/α-hetero) is 1. The van der Waals surface area contributed by atoms with E-state index in [0.29, 0.717) is 12.3 Å². The predicted octanol–water partition coefficient (Wildman–Crippen LogP) is 3.28. The number of hydrogen-bond acceptors (Lipinski definition) is 3. The maximum atomic E-state index is 12.2. The third kappa shape index (κ3) is 3.09. The lowest BCUT2D eigenvalue weighted by atomic mass is 9.81. The number of rotatable bonds is 3. The van der Waals surface area contributed by atoms with Crippen LogP contribution in [0.15, 0.2) is 24.3 Å². The van der Waals surface area contributed by atoms with Crippen LogP contribution in [-0.2, 0) is 4.79 Å². The Balaban J connectivity index is 2.21. The van der Waals surface area contributed by atoms with Crippen LogP contribution in [0.2, 0.25) is 0 Å². The maximum Gasteiger partial charge on any atom is 0.157 e. The number of piperidine rings is 1. The van der Waals surface area contributed by atoms with Crippen molar-refractivity contribution in [2.75, 3.05) is 18.0 Å². The Morgan fingerprint density at radius 1 is 1.26 bits per heavy atom. The van der Waals surface area contributed by atoms with Gasteiger partial charge in [0.05, 0.1) is 18.3 Å². The standard InChI is InChI=1S/C16H23NO2/c1-12(2)19-14-8-6-5-7-13(14)17-10-9-16(3,4)15(18)11-17/h5-8,12H,9-11H2,1-4H3. The summed E-state index contributed by atoms with van der Waals surface area (Å²) >= 11 is 0. The number of nitrogens with zero attached hydrogens (tertiary/aromatic N) is 1. The highest BCUT2D eigenvalue weighted by molar-refractivity contribution is 5.90. The molecular weight excluding hydrogens is 238 g/mol. The fraction of sp³-hybridized carbons (Fsp3) is 0.562. The number of carbonyl (C=O) groups excluding carboxylic acids is 1. The van der Waals surface area contributed by atoms with Crippen LogP contribution >= 0.6 is 0 Å². The van der Waals surface area contributed by atoms with E-state index in [9.17, 15) is 4.79 Å². The van der Waals surface area contributed by atoms with E-state index >= 15 is 0 Å². The summed E-state index contributed by atoms with van der Waals surface area (Å²) in [5.41, 5.74) is 0.838. The van der Waals surface area contributed by atoms with Gasteiger partial charge in [0.15, 0.2) is 5.78 Å². The Morgan fingerprint density at radius 2 is 1.95 bits per heavy atom. The van der Waals surface area contributed by atoms with Crippen molar-refractivity contribution in [2.24, 2.45) is 5.41 Å². The third-order valence-electron chi connectivity index (χ3n) is 3.66. The van der Waals surface area contributed by atoms with Crippen molar-refractivity contribution >= 4 is 11.5 Å². The molecule has 2 rings (SSSR count). The summed E-state index contributed by atoms with van der Waals surface area (Å²) in [7, 11) is 0. The number of ether oxygens (including phenoxy) is 1. The molecule has 1 aromatic carbocycles. The second-order valence-electron chi connectivity index (χ2n) is 6.11. The molecule has 1 fully saturated rings. The van der Waals surface area contributed by atoms with Crippen LogP contribution in [0.25, 0.3) is 0 Å². The molecule has 1 heterocycles. The average Bonchev–Trinajstić information content (AvgIpc) is 2.33. The van der Waals surface area contributed by atoms with Gasteiger partial charge in [0, 0.05) is 12.0 Å². The van der Waals surface area contributed by atoms with Crippen molar-refractivity contribution in [1.29, 1.82) is 0 Å². The van der Waals surface area contributed by atoms with Gasteiger partial charge in [0.2, 0.25) is 0 Å². The molecule has 0 atom stereocenters. The quantitative estimate of drug-likeness (QED) is 0.836. The highest BCUT2D eigenvalue weighted by Gasteiger charge is 2.34. The summed E-state index contributed by atoms with van der Waals surface area (Å²) in [6.07, 6.45) is 1.03. The van der Waals surface area contributed by atoms with E-state index in [4.69, 9.17) is 4.74 Å². The Hall–Kier alpha value is -1.51. The minimum absolute atomic E-state index is 0.137. The first-order chi connectivity index (χ1) is 8.90. The minimum atomic E-state index is -0.190. The third-order valence-corrected chi connectivity index (χ3v) is 3.66. The van der Waals surface area contributed by atoms with E-state index in [1.807, 2.05) is 52.0 Å². The second-order valence-corrected chi connectivity index (χ2v) is 6.11. The van der Waals surface area contributed by atoms with Crippen molar-refractivity contribution in [3.05, 3.63) is 24.3 Å². The normalized spacial score (nSPS) is 18.8. The number of carbonyl (C=O) groups is 1. The van der Waals surface area contributed by atoms with Gasteiger partial charge < -0.3 is 9.64 Å². The summed E-state index contributed by atoms with van der Waals surface area (Å²) < 4.78 is 5.83. The zero-order valence-corrected chi connectivity index (χ0v) is 12.3. The summed E-state index contributed by atoms with van der Waals surface area (Å²) in [6, 6.07) is 7.96. The van der Waals surface area contributed by atoms with Gasteiger partial charge in [-0.25, -0.2) is 0 Å². The van der Waals surface area contributed by atoms with E-state index in [1.54, 1.807) is 0 Å². The Labute approximate surface area is 115 Å². The molecule has 1 saturated heterocycles. The van der Waals surface area contributed by atoms with E-state index in [2.05, 4.69) is 4.90 Å². The topological polar surface area (TPSA) is 29.5 Å². The molecule has 1 aliphatic rings. The maximum absolute atomic E-state index is 12.2. The molecule has 0 saturated carbocycles. The van der Waals surface area contributed by atoms with Crippen molar-refractivity contribution in [1.82, 2.24) is 0 Å². The van der Waals surface area contributed by atoms with Gasteiger partial charge in [0.1, 0.15) is 5.75 Å². The van der Waals surface area contributed by atoms with E-state index in [-0.39, 0.29) is 11.5 Å². The molecule has 0 bridgehead atoms. The van der Waals surface area contributed by atoms with Crippen LogP contribution in [0.3, 0.4) is 0 Å². The van der Waals surface area contributed by atoms with Crippen molar-refractivity contribution in [3.8, 4) is 5.75 Å². The highest BCUT2D eigenvalue weighted by Crippen LogP contribution is 2.34. The van der Waals surface area contributed by atoms with Gasteiger partial charge in [-0.3, -0.25) is 4.79 Å². The summed E-state index contributed by atoms with van der Waals surface area (Å²) in [4.78, 5) is 14.3. The SMILES string of the molecule is CC(C)Oc1ccccc1N1CCC(C)(C)C(=O)C1. The molecule has 1 aromatic rings. The fourth-order valence-electron chi connectivity index (χ4n) is 2.30. The molecule has 0 radical (unpaired) electrons. The monoisotopic (exact) mass is 261 g/mol. The van der Waals surface area contributed by atoms with E-state index < -0.39 is 0 Å². The molecule has 0 spiro atoms. The van der Waals surface area contributed by atoms with Crippen molar-refractivity contribution in [2.45, 2.75) is 40.2 Å². The van der Waals surface area contributed by atoms with Gasteiger partial charge in [-0.2, -0.15) is 0 Å². The molecule has 19 heavy (non-hydrogen) atoms. The van der Waals surface area contributed by atoms with Crippen LogP contribution in [0.4, 0.5) is 5.69 Å². The summed E-state index contributed by atoms with van der Waals surface area (Å²) in [5.74, 6) is 1.17. The largest absolute Gasteiger partial charge is 0.489 e. The summed E-state index contributed by atoms with van der Waals surface area (Å²) in [6.45, 7) is 9.47. The smallest absolute Gasteiger partial charge is 0.157 e. The number of ketones is 1. The average molecular weight is 261 g/mol. The zero-order chi connectivity index (χ0) is 14.0. The first kappa shape index (κ1) is 13.9. The fourth-order valence-corrected chi connectivity index (χ4v) is 2.30. The van der Waals surface area contributed by atoms with Crippen LogP contribution in [0.5, 0.6) is 5.75 Å². The number of benzene rings is 1. The first-order valence-corrected chi connectivity index (χ1v) is 6.94. The van der Waals surface area contributed by atoms with Gasteiger partial charge in [-0.15, -0.1) is 0 Å². The highest BCUT2D eigenvalue weighted by atomic mass is 16.5.